The summed E-state index contributed by atoms with van der Waals surface area (Å²) in [4.78, 5) is 37.4. The van der Waals surface area contributed by atoms with Crippen molar-refractivity contribution in [2.75, 3.05) is 31.1 Å². The van der Waals surface area contributed by atoms with Crippen LogP contribution >= 0.6 is 23.2 Å². The fraction of sp³-hybridized carbons (Fsp3) is 0.429. The Morgan fingerprint density at radius 1 is 1.23 bits per heavy atom. The van der Waals surface area contributed by atoms with Crippen molar-refractivity contribution in [3.8, 4) is 0 Å². The van der Waals surface area contributed by atoms with Crippen molar-refractivity contribution in [2.45, 2.75) is 31.3 Å². The van der Waals surface area contributed by atoms with Crippen molar-refractivity contribution in [2.24, 2.45) is 0 Å². The number of piperazine rings is 1. The number of nitrogens with zero attached hydrogens (tertiary/aromatic N) is 4. The maximum atomic E-state index is 13.0. The van der Waals surface area contributed by atoms with E-state index in [9.17, 15) is 9.59 Å². The van der Waals surface area contributed by atoms with Crippen LogP contribution in [0.15, 0.2) is 36.8 Å². The summed E-state index contributed by atoms with van der Waals surface area (Å²) in [6.45, 7) is 4.35. The lowest BCUT2D eigenvalue weighted by molar-refractivity contribution is -0.132. The van der Waals surface area contributed by atoms with Crippen LogP contribution in [0.5, 0.6) is 0 Å². The summed E-state index contributed by atoms with van der Waals surface area (Å²) >= 11 is 12.3. The van der Waals surface area contributed by atoms with Crippen LogP contribution in [-0.4, -0.2) is 59.0 Å². The summed E-state index contributed by atoms with van der Waals surface area (Å²) in [6.07, 6.45) is 5.55. The Balaban J connectivity index is 1.40. The van der Waals surface area contributed by atoms with Crippen molar-refractivity contribution >= 4 is 40.8 Å². The number of rotatable bonds is 5. The lowest BCUT2D eigenvalue weighted by Crippen LogP contribution is -2.54. The minimum absolute atomic E-state index is 0.0556. The minimum Gasteiger partial charge on any atom is -0.365 e. The van der Waals surface area contributed by atoms with Gasteiger partial charge >= 0.3 is 6.03 Å². The summed E-state index contributed by atoms with van der Waals surface area (Å²) in [5.41, 5.74) is 0.877. The fourth-order valence-electron chi connectivity index (χ4n) is 4.27. The summed E-state index contributed by atoms with van der Waals surface area (Å²) in [7, 11) is 0. The Morgan fingerprint density at radius 3 is 2.61 bits per heavy atom. The van der Waals surface area contributed by atoms with Gasteiger partial charge in [-0.2, -0.15) is 0 Å². The standard InChI is InChI=1S/C21H24Cl2N6O2/c1-14-12-28(6-7-29(14)17-9-15(22)8-16(23)10-17)19(30)2-3-21(13-26-20(31)27-21)18-11-24-4-5-25-18/h4-5,8-11,14H,2-3,6-7,12-13H2,1H3,(H2,26,27,31)/t14-,21?/m0/s1. The van der Waals surface area contributed by atoms with Crippen LogP contribution in [0.2, 0.25) is 10.0 Å². The van der Waals surface area contributed by atoms with E-state index in [1.165, 1.54) is 0 Å². The van der Waals surface area contributed by atoms with Crippen LogP contribution in [0.4, 0.5) is 10.5 Å². The molecule has 1 unspecified atom stereocenters. The molecule has 164 valence electrons. The molecule has 0 saturated carbocycles. The SMILES string of the molecule is C[C@H]1CN(C(=O)CCC2(c3cnccn3)CNC(=O)N2)CCN1c1cc(Cl)cc(Cl)c1. The molecule has 31 heavy (non-hydrogen) atoms. The molecule has 0 bridgehead atoms. The van der Waals surface area contributed by atoms with E-state index in [0.29, 0.717) is 54.8 Å². The topological polar surface area (TPSA) is 90.5 Å². The number of carbonyl (C=O) groups is 2. The van der Waals surface area contributed by atoms with Crippen molar-refractivity contribution < 1.29 is 9.59 Å². The second-order valence-electron chi connectivity index (χ2n) is 7.99. The number of halogens is 2. The molecule has 1 aromatic heterocycles. The van der Waals surface area contributed by atoms with Gasteiger partial charge in [0.25, 0.3) is 0 Å². The predicted molar refractivity (Wildman–Crippen MR) is 119 cm³/mol. The maximum Gasteiger partial charge on any atom is 0.315 e. The molecule has 4 rings (SSSR count). The summed E-state index contributed by atoms with van der Waals surface area (Å²) in [5.74, 6) is 0.0556. The van der Waals surface area contributed by atoms with E-state index < -0.39 is 5.54 Å². The van der Waals surface area contributed by atoms with Gasteiger partial charge in [-0.1, -0.05) is 23.2 Å². The first-order valence-electron chi connectivity index (χ1n) is 10.2. The molecular formula is C21H24Cl2N6O2. The largest absolute Gasteiger partial charge is 0.365 e. The highest BCUT2D eigenvalue weighted by atomic mass is 35.5. The number of amides is 3. The Hall–Kier alpha value is -2.58. The second-order valence-corrected chi connectivity index (χ2v) is 8.86. The smallest absolute Gasteiger partial charge is 0.315 e. The van der Waals surface area contributed by atoms with Gasteiger partial charge in [0.15, 0.2) is 0 Å². The van der Waals surface area contributed by atoms with E-state index in [2.05, 4.69) is 32.4 Å². The number of hydrogen-bond acceptors (Lipinski definition) is 5. The quantitative estimate of drug-likeness (QED) is 0.712. The van der Waals surface area contributed by atoms with Gasteiger partial charge < -0.3 is 20.4 Å². The maximum absolute atomic E-state index is 13.0. The van der Waals surface area contributed by atoms with Crippen molar-refractivity contribution in [3.63, 3.8) is 0 Å². The first kappa shape index (κ1) is 21.6. The molecule has 2 atom stereocenters. The molecule has 2 aliphatic heterocycles. The lowest BCUT2D eigenvalue weighted by Gasteiger charge is -2.41. The van der Waals surface area contributed by atoms with Gasteiger partial charge in [-0.15, -0.1) is 0 Å². The van der Waals surface area contributed by atoms with Gasteiger partial charge in [0, 0.05) is 66.8 Å². The number of hydrogen-bond donors (Lipinski definition) is 2. The number of carbonyl (C=O) groups excluding carboxylic acids is 2. The molecule has 1 aromatic carbocycles. The highest BCUT2D eigenvalue weighted by molar-refractivity contribution is 6.35. The monoisotopic (exact) mass is 462 g/mol. The predicted octanol–water partition coefficient (Wildman–Crippen LogP) is 2.81. The molecule has 0 radical (unpaired) electrons. The Kier molecular flexibility index (Phi) is 6.20. The Bertz CT molecular complexity index is 955. The van der Waals surface area contributed by atoms with E-state index >= 15 is 0 Å². The number of nitrogens with one attached hydrogen (secondary N) is 2. The number of anilines is 1. The highest BCUT2D eigenvalue weighted by Gasteiger charge is 2.41. The third-order valence-electron chi connectivity index (χ3n) is 5.88. The summed E-state index contributed by atoms with van der Waals surface area (Å²) in [6, 6.07) is 5.35. The first-order chi connectivity index (χ1) is 14.9. The minimum atomic E-state index is -0.730. The molecule has 2 saturated heterocycles. The van der Waals surface area contributed by atoms with Crippen LogP contribution in [-0.2, 0) is 10.3 Å². The van der Waals surface area contributed by atoms with Crippen LogP contribution in [0.25, 0.3) is 0 Å². The molecule has 8 nitrogen and oxygen atoms in total. The number of aromatic nitrogens is 2. The second kappa shape index (κ2) is 8.88. The summed E-state index contributed by atoms with van der Waals surface area (Å²) in [5, 5.41) is 6.90. The van der Waals surface area contributed by atoms with Gasteiger partial charge in [0.2, 0.25) is 5.91 Å². The van der Waals surface area contributed by atoms with E-state index in [0.717, 1.165) is 5.69 Å². The lowest BCUT2D eigenvalue weighted by atomic mass is 9.90. The summed E-state index contributed by atoms with van der Waals surface area (Å²) < 4.78 is 0. The molecule has 2 aromatic rings. The highest BCUT2D eigenvalue weighted by Crippen LogP contribution is 2.30. The Labute approximate surface area is 190 Å². The van der Waals surface area contributed by atoms with Crippen molar-refractivity contribution in [1.82, 2.24) is 25.5 Å². The zero-order valence-corrected chi connectivity index (χ0v) is 18.7. The van der Waals surface area contributed by atoms with E-state index in [4.69, 9.17) is 23.2 Å². The third-order valence-corrected chi connectivity index (χ3v) is 6.32. The van der Waals surface area contributed by atoms with E-state index in [-0.39, 0.29) is 18.0 Å². The molecule has 0 spiro atoms. The van der Waals surface area contributed by atoms with E-state index in [1.807, 2.05) is 17.0 Å². The molecular weight excluding hydrogens is 439 g/mol. The average molecular weight is 463 g/mol. The van der Waals surface area contributed by atoms with Crippen LogP contribution in [0, 0.1) is 0 Å². The van der Waals surface area contributed by atoms with Gasteiger partial charge in [0.05, 0.1) is 11.9 Å². The number of urea groups is 1. The van der Waals surface area contributed by atoms with Crippen LogP contribution in [0.3, 0.4) is 0 Å². The molecule has 2 aliphatic rings. The molecule has 3 heterocycles. The third kappa shape index (κ3) is 4.70. The normalized spacial score (nSPS) is 23.5. The van der Waals surface area contributed by atoms with Crippen LogP contribution < -0.4 is 15.5 Å². The van der Waals surface area contributed by atoms with Gasteiger partial charge in [0.1, 0.15) is 5.54 Å². The molecule has 2 N–H and O–H groups in total. The fourth-order valence-corrected chi connectivity index (χ4v) is 4.78. The average Bonchev–Trinajstić information content (AvgIpc) is 3.14. The zero-order chi connectivity index (χ0) is 22.0. The van der Waals surface area contributed by atoms with Crippen molar-refractivity contribution in [3.05, 3.63) is 52.5 Å². The number of benzene rings is 1. The molecule has 3 amide bonds. The van der Waals surface area contributed by atoms with Crippen LogP contribution in [0.1, 0.15) is 25.5 Å². The van der Waals surface area contributed by atoms with Gasteiger partial charge in [-0.25, -0.2) is 4.79 Å². The van der Waals surface area contributed by atoms with Gasteiger partial charge in [-0.05, 0) is 31.5 Å². The first-order valence-corrected chi connectivity index (χ1v) is 10.9. The van der Waals surface area contributed by atoms with Gasteiger partial charge in [-0.3, -0.25) is 14.8 Å². The molecule has 2 fully saturated rings. The van der Waals surface area contributed by atoms with Crippen molar-refractivity contribution in [1.29, 1.82) is 0 Å². The Morgan fingerprint density at radius 2 is 2.00 bits per heavy atom. The van der Waals surface area contributed by atoms with E-state index in [1.54, 1.807) is 24.7 Å². The molecule has 10 heteroatoms. The zero-order valence-electron chi connectivity index (χ0n) is 17.1. The molecule has 0 aliphatic carbocycles.